The summed E-state index contributed by atoms with van der Waals surface area (Å²) in [5, 5.41) is 2.98. The number of unbranched alkanes of at least 4 members (excludes halogenated alkanes) is 2. The van der Waals surface area contributed by atoms with Crippen molar-refractivity contribution in [1.29, 1.82) is 0 Å². The number of nitrogens with one attached hydrogen (secondary N) is 1. The van der Waals surface area contributed by atoms with Crippen LogP contribution in [0.15, 0.2) is 0 Å². The molecule has 1 N–H and O–H groups in total. The van der Waals surface area contributed by atoms with Crippen LogP contribution in [0.1, 0.15) is 91.5 Å². The van der Waals surface area contributed by atoms with Crippen LogP contribution in [-0.4, -0.2) is 45.9 Å². The summed E-state index contributed by atoms with van der Waals surface area (Å²) >= 11 is 0. The molecule has 0 bridgehead atoms. The van der Waals surface area contributed by atoms with Crippen molar-refractivity contribution < 1.29 is 9.59 Å². The Kier molecular flexibility index (Phi) is 6.69. The molecular weight excluding hydrogens is 328 g/mol. The number of fused-ring (bicyclic) bond motifs is 1. The van der Waals surface area contributed by atoms with Crippen molar-refractivity contribution in [3.8, 4) is 0 Å². The van der Waals surface area contributed by atoms with Gasteiger partial charge < -0.3 is 14.8 Å². The van der Waals surface area contributed by atoms with E-state index in [0.717, 1.165) is 76.7 Å². The van der Waals surface area contributed by atoms with Crippen LogP contribution < -0.4 is 5.32 Å². The van der Waals surface area contributed by atoms with E-state index in [9.17, 15) is 9.59 Å². The quantitative estimate of drug-likeness (QED) is 0.793. The average Bonchev–Trinajstić information content (AvgIpc) is 2.84. The second kappa shape index (κ2) is 9.19. The Labute approximate surface area is 156 Å². The highest BCUT2D eigenvalue weighted by Gasteiger charge is 2.29. The second-order valence-corrected chi connectivity index (χ2v) is 7.51. The van der Waals surface area contributed by atoms with Gasteiger partial charge in [0.1, 0.15) is 5.69 Å². The first-order valence-corrected chi connectivity index (χ1v) is 10.4. The zero-order valence-corrected chi connectivity index (χ0v) is 16.1. The summed E-state index contributed by atoms with van der Waals surface area (Å²) in [6.07, 6.45) is 10.7. The molecule has 6 heteroatoms. The number of nitrogens with zero attached hydrogens (tertiary/aromatic N) is 3. The summed E-state index contributed by atoms with van der Waals surface area (Å²) in [6.45, 7) is 5.22. The number of likely N-dealkylation sites (tertiary alicyclic amines) is 1. The lowest BCUT2D eigenvalue weighted by Crippen LogP contribution is -2.33. The highest BCUT2D eigenvalue weighted by molar-refractivity contribution is 5.97. The summed E-state index contributed by atoms with van der Waals surface area (Å²) < 4.78 is 1.99. The minimum absolute atomic E-state index is 0.0163. The maximum atomic E-state index is 13.1. The molecule has 2 amide bonds. The van der Waals surface area contributed by atoms with Gasteiger partial charge in [0.25, 0.3) is 11.8 Å². The molecule has 0 unspecified atom stereocenters. The highest BCUT2D eigenvalue weighted by Crippen LogP contribution is 2.23. The minimum Gasteiger partial charge on any atom is -0.349 e. The van der Waals surface area contributed by atoms with E-state index in [-0.39, 0.29) is 11.8 Å². The van der Waals surface area contributed by atoms with Gasteiger partial charge in [-0.05, 0) is 38.5 Å². The van der Waals surface area contributed by atoms with Gasteiger partial charge >= 0.3 is 0 Å². The molecule has 1 aromatic heterocycles. The molecule has 26 heavy (non-hydrogen) atoms. The zero-order valence-electron chi connectivity index (χ0n) is 16.1. The smallest absolute Gasteiger partial charge is 0.287 e. The van der Waals surface area contributed by atoms with Gasteiger partial charge in [-0.25, -0.2) is 4.98 Å². The molecule has 3 heterocycles. The van der Waals surface area contributed by atoms with E-state index in [1.165, 1.54) is 12.8 Å². The van der Waals surface area contributed by atoms with Crippen LogP contribution in [0.5, 0.6) is 0 Å². The van der Waals surface area contributed by atoms with Gasteiger partial charge in [-0.2, -0.15) is 0 Å². The van der Waals surface area contributed by atoms with Crippen molar-refractivity contribution in [2.75, 3.05) is 19.6 Å². The second-order valence-electron chi connectivity index (χ2n) is 7.51. The Morgan fingerprint density at radius 1 is 1.00 bits per heavy atom. The first-order chi connectivity index (χ1) is 12.7. The SMILES string of the molecule is CCCCCNC(=O)c1nc(C(=O)N2CCCCCC2)c2n1CCCC2. The van der Waals surface area contributed by atoms with E-state index in [1.807, 2.05) is 9.47 Å². The molecule has 0 aromatic carbocycles. The van der Waals surface area contributed by atoms with Crippen molar-refractivity contribution in [2.45, 2.75) is 77.7 Å². The number of rotatable bonds is 6. The summed E-state index contributed by atoms with van der Waals surface area (Å²) in [5.41, 5.74) is 1.48. The Hall–Kier alpha value is -1.85. The fraction of sp³-hybridized carbons (Fsp3) is 0.750. The molecule has 6 nitrogen and oxygen atoms in total. The van der Waals surface area contributed by atoms with Gasteiger partial charge in [-0.15, -0.1) is 0 Å². The molecule has 1 saturated heterocycles. The Balaban J connectivity index is 1.78. The third kappa shape index (κ3) is 4.27. The lowest BCUT2D eigenvalue weighted by Gasteiger charge is -2.21. The van der Waals surface area contributed by atoms with E-state index >= 15 is 0 Å². The standard InChI is InChI=1S/C20H32N4O2/c1-2-3-7-12-21-19(25)18-22-17(16-11-6-10-15-24(16)18)20(26)23-13-8-4-5-9-14-23/h2-15H2,1H3,(H,21,25). The van der Waals surface area contributed by atoms with Crippen LogP contribution in [-0.2, 0) is 13.0 Å². The number of hydrogen-bond acceptors (Lipinski definition) is 3. The first kappa shape index (κ1) is 18.9. The van der Waals surface area contributed by atoms with E-state index in [2.05, 4.69) is 17.2 Å². The lowest BCUT2D eigenvalue weighted by molar-refractivity contribution is 0.0754. The molecule has 0 radical (unpaired) electrons. The van der Waals surface area contributed by atoms with Crippen LogP contribution in [0.2, 0.25) is 0 Å². The number of carbonyl (C=O) groups is 2. The molecule has 0 aliphatic carbocycles. The van der Waals surface area contributed by atoms with Gasteiger partial charge in [0, 0.05) is 26.2 Å². The molecule has 0 spiro atoms. The first-order valence-electron chi connectivity index (χ1n) is 10.4. The fourth-order valence-corrected chi connectivity index (χ4v) is 3.97. The predicted molar refractivity (Wildman–Crippen MR) is 101 cm³/mol. The monoisotopic (exact) mass is 360 g/mol. The molecule has 3 rings (SSSR count). The Bertz CT molecular complexity index is 630. The number of imidazole rings is 1. The highest BCUT2D eigenvalue weighted by atomic mass is 16.2. The van der Waals surface area contributed by atoms with E-state index < -0.39 is 0 Å². The topological polar surface area (TPSA) is 67.2 Å². The van der Waals surface area contributed by atoms with Crippen molar-refractivity contribution in [1.82, 2.24) is 19.8 Å². The van der Waals surface area contributed by atoms with E-state index in [0.29, 0.717) is 18.1 Å². The normalized spacial score (nSPS) is 17.5. The third-order valence-electron chi connectivity index (χ3n) is 5.48. The molecule has 2 aliphatic rings. The van der Waals surface area contributed by atoms with Gasteiger partial charge in [-0.3, -0.25) is 9.59 Å². The van der Waals surface area contributed by atoms with Gasteiger partial charge in [0.2, 0.25) is 0 Å². The Morgan fingerprint density at radius 3 is 2.46 bits per heavy atom. The summed E-state index contributed by atoms with van der Waals surface area (Å²) in [7, 11) is 0. The molecule has 144 valence electrons. The number of hydrogen-bond donors (Lipinski definition) is 1. The van der Waals surface area contributed by atoms with Crippen LogP contribution in [0.3, 0.4) is 0 Å². The summed E-state index contributed by atoms with van der Waals surface area (Å²) in [5.74, 6) is 0.302. The van der Waals surface area contributed by atoms with Crippen LogP contribution in [0, 0.1) is 0 Å². The van der Waals surface area contributed by atoms with Crippen molar-refractivity contribution in [2.24, 2.45) is 0 Å². The molecule has 2 aliphatic heterocycles. The summed E-state index contributed by atoms with van der Waals surface area (Å²) in [4.78, 5) is 32.2. The van der Waals surface area contributed by atoms with Crippen molar-refractivity contribution in [3.63, 3.8) is 0 Å². The molecule has 1 fully saturated rings. The predicted octanol–water partition coefficient (Wildman–Crippen LogP) is 3.16. The van der Waals surface area contributed by atoms with Crippen molar-refractivity contribution >= 4 is 11.8 Å². The van der Waals surface area contributed by atoms with Crippen LogP contribution in [0.25, 0.3) is 0 Å². The zero-order chi connectivity index (χ0) is 18.4. The van der Waals surface area contributed by atoms with Crippen LogP contribution >= 0.6 is 0 Å². The largest absolute Gasteiger partial charge is 0.349 e. The molecule has 1 aromatic rings. The van der Waals surface area contributed by atoms with E-state index in [1.54, 1.807) is 0 Å². The number of amides is 2. The number of aromatic nitrogens is 2. The van der Waals surface area contributed by atoms with Gasteiger partial charge in [-0.1, -0.05) is 32.6 Å². The Morgan fingerprint density at radius 2 is 1.73 bits per heavy atom. The third-order valence-corrected chi connectivity index (χ3v) is 5.48. The van der Waals surface area contributed by atoms with Crippen molar-refractivity contribution in [3.05, 3.63) is 17.2 Å². The van der Waals surface area contributed by atoms with Gasteiger partial charge in [0.15, 0.2) is 5.82 Å². The maximum absolute atomic E-state index is 13.1. The lowest BCUT2D eigenvalue weighted by atomic mass is 10.1. The summed E-state index contributed by atoms with van der Waals surface area (Å²) in [6, 6.07) is 0. The molecule has 0 atom stereocenters. The number of carbonyl (C=O) groups excluding carboxylic acids is 2. The van der Waals surface area contributed by atoms with Crippen LogP contribution in [0.4, 0.5) is 0 Å². The fourth-order valence-electron chi connectivity index (χ4n) is 3.97. The van der Waals surface area contributed by atoms with Gasteiger partial charge in [0.05, 0.1) is 5.69 Å². The maximum Gasteiger partial charge on any atom is 0.287 e. The van der Waals surface area contributed by atoms with E-state index in [4.69, 9.17) is 0 Å². The molecular formula is C20H32N4O2. The average molecular weight is 361 g/mol. The molecule has 0 saturated carbocycles. The minimum atomic E-state index is -0.140.